The highest BCUT2D eigenvalue weighted by Gasteiger charge is 2.43. The molecule has 2 amide bonds. The number of anilines is 1. The number of aliphatic imine (C=N–C) groups is 2. The van der Waals surface area contributed by atoms with E-state index in [9.17, 15) is 9.59 Å². The molecule has 176 valence electrons. The van der Waals surface area contributed by atoms with E-state index in [1.807, 2.05) is 79.7 Å². The van der Waals surface area contributed by atoms with Gasteiger partial charge in [-0.1, -0.05) is 67.2 Å². The number of amides is 2. The molecule has 3 aromatic rings. The molecule has 35 heavy (non-hydrogen) atoms. The number of thioether (sulfide) groups is 1. The lowest BCUT2D eigenvalue weighted by molar-refractivity contribution is -0.124. The molecule has 0 saturated carbocycles. The normalized spacial score (nSPS) is 17.1. The van der Waals surface area contributed by atoms with E-state index in [1.165, 1.54) is 11.8 Å². The van der Waals surface area contributed by atoms with Gasteiger partial charge in [-0.05, 0) is 36.2 Å². The first-order chi connectivity index (χ1) is 17.1. The van der Waals surface area contributed by atoms with E-state index in [-0.39, 0.29) is 11.8 Å². The summed E-state index contributed by atoms with van der Waals surface area (Å²) in [4.78, 5) is 37.9. The van der Waals surface area contributed by atoms with Crippen molar-refractivity contribution in [2.75, 3.05) is 12.4 Å². The van der Waals surface area contributed by atoms with Crippen LogP contribution in [-0.2, 0) is 9.59 Å². The largest absolute Gasteiger partial charge is 0.497 e. The van der Waals surface area contributed by atoms with E-state index >= 15 is 0 Å². The highest BCUT2D eigenvalue weighted by Crippen LogP contribution is 2.38. The third kappa shape index (κ3) is 4.44. The molecule has 0 saturated heterocycles. The highest BCUT2D eigenvalue weighted by atomic mass is 32.2. The Kier molecular flexibility index (Phi) is 6.37. The average Bonchev–Trinajstić information content (AvgIpc) is 3.25. The second kappa shape index (κ2) is 9.76. The summed E-state index contributed by atoms with van der Waals surface area (Å²) >= 11 is 1.27. The van der Waals surface area contributed by atoms with Crippen molar-refractivity contribution in [3.05, 3.63) is 90.0 Å². The van der Waals surface area contributed by atoms with Gasteiger partial charge in [-0.3, -0.25) is 9.59 Å². The van der Waals surface area contributed by atoms with Crippen LogP contribution in [0.4, 0.5) is 11.4 Å². The minimum Gasteiger partial charge on any atom is -0.497 e. The predicted octanol–water partition coefficient (Wildman–Crippen LogP) is 5.18. The van der Waals surface area contributed by atoms with Crippen molar-refractivity contribution in [1.29, 1.82) is 0 Å². The summed E-state index contributed by atoms with van der Waals surface area (Å²) in [6.07, 6.45) is 0.553. The fourth-order valence-corrected chi connectivity index (χ4v) is 5.07. The number of carbonyl (C=O) groups excluding carboxylic acids is 2. The molecule has 8 heteroatoms. The Morgan fingerprint density at radius 1 is 1.09 bits per heavy atom. The maximum absolute atomic E-state index is 13.6. The van der Waals surface area contributed by atoms with Crippen molar-refractivity contribution in [3.8, 4) is 5.75 Å². The Labute approximate surface area is 207 Å². The number of carbonyl (C=O) groups is 2. The average molecular weight is 485 g/mol. The maximum atomic E-state index is 13.6. The second-order valence-electron chi connectivity index (χ2n) is 8.09. The van der Waals surface area contributed by atoms with Crippen LogP contribution >= 0.6 is 11.8 Å². The SMILES string of the molecule is CCC(SC1=Nc2ccccc2C2=NC(c3ccccc3)C(=O)N12)C(=O)Nc1cccc(OC)c1. The molecule has 0 spiro atoms. The summed E-state index contributed by atoms with van der Waals surface area (Å²) < 4.78 is 5.25. The van der Waals surface area contributed by atoms with Gasteiger partial charge < -0.3 is 10.1 Å². The van der Waals surface area contributed by atoms with E-state index in [0.717, 1.165) is 16.8 Å². The van der Waals surface area contributed by atoms with Gasteiger partial charge in [-0.25, -0.2) is 14.9 Å². The molecule has 2 aliphatic heterocycles. The van der Waals surface area contributed by atoms with Gasteiger partial charge in [-0.15, -0.1) is 0 Å². The molecule has 2 aliphatic rings. The first-order valence-electron chi connectivity index (χ1n) is 11.4. The summed E-state index contributed by atoms with van der Waals surface area (Å²) in [6, 6.07) is 23.7. The van der Waals surface area contributed by atoms with E-state index < -0.39 is 11.3 Å². The lowest BCUT2D eigenvalue weighted by Crippen LogP contribution is -2.41. The molecular formula is C27H24N4O3S. The van der Waals surface area contributed by atoms with E-state index in [1.54, 1.807) is 18.1 Å². The molecular weight excluding hydrogens is 460 g/mol. The van der Waals surface area contributed by atoms with Crippen molar-refractivity contribution < 1.29 is 14.3 Å². The van der Waals surface area contributed by atoms with Gasteiger partial charge in [0.05, 0.1) is 18.0 Å². The number of methoxy groups -OCH3 is 1. The number of hydrogen-bond donors (Lipinski definition) is 1. The number of fused-ring (bicyclic) bond motifs is 3. The Morgan fingerprint density at radius 2 is 1.86 bits per heavy atom. The van der Waals surface area contributed by atoms with Gasteiger partial charge in [0.15, 0.2) is 11.2 Å². The number of amidine groups is 2. The lowest BCUT2D eigenvalue weighted by Gasteiger charge is -2.27. The standard InChI is InChI=1S/C27H24N4O3S/c1-3-22(25(32)28-18-12-9-13-19(16-18)34-2)35-27-29-21-15-8-7-14-20(21)24-30-23(26(33)31(24)27)17-10-5-4-6-11-17/h4-16,22-23H,3H2,1-2H3,(H,28,32). The van der Waals surface area contributed by atoms with Gasteiger partial charge in [0, 0.05) is 17.3 Å². The van der Waals surface area contributed by atoms with Gasteiger partial charge in [0.1, 0.15) is 11.6 Å². The van der Waals surface area contributed by atoms with E-state index in [0.29, 0.717) is 28.9 Å². The van der Waals surface area contributed by atoms with Crippen LogP contribution < -0.4 is 10.1 Å². The topological polar surface area (TPSA) is 83.4 Å². The number of rotatable bonds is 6. The maximum Gasteiger partial charge on any atom is 0.263 e. The second-order valence-corrected chi connectivity index (χ2v) is 9.26. The van der Waals surface area contributed by atoms with Crippen molar-refractivity contribution in [3.63, 3.8) is 0 Å². The molecule has 2 atom stereocenters. The molecule has 2 unspecified atom stereocenters. The Hall–Kier alpha value is -3.91. The molecule has 1 N–H and O–H groups in total. The summed E-state index contributed by atoms with van der Waals surface area (Å²) in [5.74, 6) is 0.888. The highest BCUT2D eigenvalue weighted by molar-refractivity contribution is 8.15. The number of para-hydroxylation sites is 1. The molecule has 7 nitrogen and oxygen atoms in total. The number of ether oxygens (including phenoxy) is 1. The van der Waals surface area contributed by atoms with Crippen LogP contribution in [0.15, 0.2) is 88.8 Å². The van der Waals surface area contributed by atoms with Gasteiger partial charge in [0.25, 0.3) is 5.91 Å². The quantitative estimate of drug-likeness (QED) is 0.523. The minimum atomic E-state index is -0.645. The Bertz CT molecular complexity index is 1340. The van der Waals surface area contributed by atoms with Crippen LogP contribution in [0, 0.1) is 0 Å². The van der Waals surface area contributed by atoms with Crippen LogP contribution in [0.1, 0.15) is 30.5 Å². The Balaban J connectivity index is 1.45. The number of benzene rings is 3. The number of nitrogens with zero attached hydrogens (tertiary/aromatic N) is 3. The third-order valence-electron chi connectivity index (χ3n) is 5.83. The van der Waals surface area contributed by atoms with E-state index in [2.05, 4.69) is 5.32 Å². The smallest absolute Gasteiger partial charge is 0.263 e. The first-order valence-corrected chi connectivity index (χ1v) is 12.2. The molecule has 0 bridgehead atoms. The minimum absolute atomic E-state index is 0.169. The molecule has 3 aromatic carbocycles. The molecule has 0 aliphatic carbocycles. The van der Waals surface area contributed by atoms with E-state index in [4.69, 9.17) is 14.7 Å². The number of hydrogen-bond acceptors (Lipinski definition) is 6. The fraction of sp³-hybridized carbons (Fsp3) is 0.185. The monoisotopic (exact) mass is 484 g/mol. The lowest BCUT2D eigenvalue weighted by atomic mass is 10.1. The first kappa shape index (κ1) is 22.9. The molecule has 0 aromatic heterocycles. The van der Waals surface area contributed by atoms with Gasteiger partial charge in [-0.2, -0.15) is 0 Å². The number of nitrogens with one attached hydrogen (secondary N) is 1. The fourth-order valence-electron chi connectivity index (χ4n) is 4.05. The summed E-state index contributed by atoms with van der Waals surface area (Å²) in [5.41, 5.74) is 3.00. The third-order valence-corrected chi connectivity index (χ3v) is 7.15. The van der Waals surface area contributed by atoms with Crippen LogP contribution in [0.25, 0.3) is 0 Å². The van der Waals surface area contributed by atoms with Crippen molar-refractivity contribution in [2.45, 2.75) is 24.6 Å². The molecule has 0 fully saturated rings. The van der Waals surface area contributed by atoms with Crippen LogP contribution in [-0.4, -0.2) is 40.1 Å². The zero-order valence-electron chi connectivity index (χ0n) is 19.3. The van der Waals surface area contributed by atoms with Crippen molar-refractivity contribution in [2.24, 2.45) is 9.98 Å². The zero-order chi connectivity index (χ0) is 24.4. The van der Waals surface area contributed by atoms with Crippen LogP contribution in [0.2, 0.25) is 0 Å². The van der Waals surface area contributed by atoms with Gasteiger partial charge >= 0.3 is 0 Å². The van der Waals surface area contributed by atoms with Crippen LogP contribution in [0.5, 0.6) is 5.75 Å². The Morgan fingerprint density at radius 3 is 2.63 bits per heavy atom. The van der Waals surface area contributed by atoms with Crippen molar-refractivity contribution in [1.82, 2.24) is 4.90 Å². The zero-order valence-corrected chi connectivity index (χ0v) is 20.2. The molecule has 2 heterocycles. The molecule has 0 radical (unpaired) electrons. The summed E-state index contributed by atoms with van der Waals surface area (Å²) in [6.45, 7) is 1.94. The van der Waals surface area contributed by atoms with Gasteiger partial charge in [0.2, 0.25) is 5.91 Å². The van der Waals surface area contributed by atoms with Crippen LogP contribution in [0.3, 0.4) is 0 Å². The summed E-state index contributed by atoms with van der Waals surface area (Å²) in [7, 11) is 1.58. The molecule has 5 rings (SSSR count). The van der Waals surface area contributed by atoms with Crippen molar-refractivity contribution >= 4 is 46.0 Å². The predicted molar refractivity (Wildman–Crippen MR) is 139 cm³/mol. The summed E-state index contributed by atoms with van der Waals surface area (Å²) in [5, 5.41) is 2.95.